The van der Waals surface area contributed by atoms with Crippen molar-refractivity contribution in [3.8, 4) is 0 Å². The Morgan fingerprint density at radius 1 is 1.30 bits per heavy atom. The lowest BCUT2D eigenvalue weighted by Crippen LogP contribution is -2.41. The van der Waals surface area contributed by atoms with Crippen LogP contribution >= 0.6 is 0 Å². The van der Waals surface area contributed by atoms with Gasteiger partial charge in [0, 0.05) is 24.7 Å². The molecule has 5 nitrogen and oxygen atoms in total. The van der Waals surface area contributed by atoms with Gasteiger partial charge >= 0.3 is 0 Å². The Morgan fingerprint density at radius 2 is 1.90 bits per heavy atom. The van der Waals surface area contributed by atoms with Gasteiger partial charge in [-0.3, -0.25) is 4.79 Å². The minimum absolute atomic E-state index is 0.125. The molecule has 0 spiro atoms. The Labute approximate surface area is 121 Å². The van der Waals surface area contributed by atoms with Crippen molar-refractivity contribution in [2.45, 2.75) is 26.8 Å². The van der Waals surface area contributed by atoms with E-state index in [9.17, 15) is 13.2 Å². The first-order chi connectivity index (χ1) is 9.23. The summed E-state index contributed by atoms with van der Waals surface area (Å²) in [6.07, 6.45) is 1.18. The standard InChI is InChI=1S/C14H22N2O3S/c1-11(2)16(20(4,18)19)10-9-15-14(17)13-8-6-5-7-12(13)3/h5-8,11H,9-10H2,1-4H3,(H,15,17). The summed E-state index contributed by atoms with van der Waals surface area (Å²) < 4.78 is 24.5. The fourth-order valence-electron chi connectivity index (χ4n) is 2.01. The van der Waals surface area contributed by atoms with Crippen LogP contribution in [0.1, 0.15) is 29.8 Å². The number of nitrogens with one attached hydrogen (secondary N) is 1. The van der Waals surface area contributed by atoms with Crippen LogP contribution in [0.2, 0.25) is 0 Å². The van der Waals surface area contributed by atoms with E-state index in [1.165, 1.54) is 10.6 Å². The van der Waals surface area contributed by atoms with E-state index in [-0.39, 0.29) is 18.5 Å². The molecule has 0 bridgehead atoms. The van der Waals surface area contributed by atoms with E-state index in [1.54, 1.807) is 12.1 Å². The van der Waals surface area contributed by atoms with Crippen molar-refractivity contribution in [2.24, 2.45) is 0 Å². The molecule has 1 aromatic rings. The van der Waals surface area contributed by atoms with Gasteiger partial charge in [0.2, 0.25) is 10.0 Å². The maximum absolute atomic E-state index is 12.0. The molecule has 1 N–H and O–H groups in total. The van der Waals surface area contributed by atoms with E-state index in [1.807, 2.05) is 32.9 Å². The Kier molecular flexibility index (Phi) is 5.71. The zero-order valence-corrected chi connectivity index (χ0v) is 13.2. The predicted octanol–water partition coefficient (Wildman–Crippen LogP) is 1.39. The Morgan fingerprint density at radius 3 is 2.40 bits per heavy atom. The van der Waals surface area contributed by atoms with Gasteiger partial charge in [0.15, 0.2) is 0 Å². The van der Waals surface area contributed by atoms with Crippen LogP contribution in [0.3, 0.4) is 0 Å². The summed E-state index contributed by atoms with van der Waals surface area (Å²) in [5, 5.41) is 2.75. The molecule has 0 heterocycles. The highest BCUT2D eigenvalue weighted by molar-refractivity contribution is 7.88. The van der Waals surface area contributed by atoms with Gasteiger partial charge in [-0.15, -0.1) is 0 Å². The average Bonchev–Trinajstić information content (AvgIpc) is 2.32. The van der Waals surface area contributed by atoms with Crippen molar-refractivity contribution in [3.63, 3.8) is 0 Å². The SMILES string of the molecule is Cc1ccccc1C(=O)NCCN(C(C)C)S(C)(=O)=O. The van der Waals surface area contributed by atoms with Crippen molar-refractivity contribution in [3.05, 3.63) is 35.4 Å². The molecule has 0 saturated carbocycles. The molecule has 0 fully saturated rings. The van der Waals surface area contributed by atoms with Crippen LogP contribution in [0, 0.1) is 6.92 Å². The third kappa shape index (κ3) is 4.61. The molecular weight excluding hydrogens is 276 g/mol. The van der Waals surface area contributed by atoms with E-state index >= 15 is 0 Å². The normalized spacial score (nSPS) is 11.9. The molecule has 20 heavy (non-hydrogen) atoms. The summed E-state index contributed by atoms with van der Waals surface area (Å²) in [5.74, 6) is -0.180. The van der Waals surface area contributed by atoms with Crippen LogP contribution < -0.4 is 5.32 Å². The first-order valence-electron chi connectivity index (χ1n) is 6.54. The van der Waals surface area contributed by atoms with Crippen molar-refractivity contribution < 1.29 is 13.2 Å². The summed E-state index contributed by atoms with van der Waals surface area (Å²) in [4.78, 5) is 12.0. The van der Waals surface area contributed by atoms with E-state index in [4.69, 9.17) is 0 Å². The second kappa shape index (κ2) is 6.85. The van der Waals surface area contributed by atoms with Crippen molar-refractivity contribution >= 4 is 15.9 Å². The second-order valence-corrected chi connectivity index (χ2v) is 6.97. The van der Waals surface area contributed by atoms with E-state index < -0.39 is 10.0 Å². The molecule has 0 radical (unpaired) electrons. The molecule has 0 unspecified atom stereocenters. The first kappa shape index (κ1) is 16.7. The minimum atomic E-state index is -3.25. The molecule has 0 saturated heterocycles. The molecule has 1 aromatic carbocycles. The van der Waals surface area contributed by atoms with Crippen LogP contribution in [0.5, 0.6) is 0 Å². The Bertz CT molecular complexity index is 568. The average molecular weight is 298 g/mol. The van der Waals surface area contributed by atoms with Gasteiger partial charge in [0.1, 0.15) is 0 Å². The van der Waals surface area contributed by atoms with Gasteiger partial charge in [-0.25, -0.2) is 8.42 Å². The highest BCUT2D eigenvalue weighted by Gasteiger charge is 2.19. The van der Waals surface area contributed by atoms with Crippen molar-refractivity contribution in [1.82, 2.24) is 9.62 Å². The van der Waals surface area contributed by atoms with Gasteiger partial charge < -0.3 is 5.32 Å². The highest BCUT2D eigenvalue weighted by atomic mass is 32.2. The second-order valence-electron chi connectivity index (χ2n) is 5.04. The molecule has 0 aliphatic heterocycles. The number of hydrogen-bond donors (Lipinski definition) is 1. The van der Waals surface area contributed by atoms with Crippen LogP contribution in [0.25, 0.3) is 0 Å². The first-order valence-corrected chi connectivity index (χ1v) is 8.39. The van der Waals surface area contributed by atoms with E-state index in [2.05, 4.69) is 5.32 Å². The van der Waals surface area contributed by atoms with Crippen molar-refractivity contribution in [1.29, 1.82) is 0 Å². The molecule has 0 aliphatic rings. The number of aryl methyl sites for hydroxylation is 1. The topological polar surface area (TPSA) is 66.5 Å². The molecule has 0 aliphatic carbocycles. The van der Waals surface area contributed by atoms with Crippen LogP contribution in [0.15, 0.2) is 24.3 Å². The molecule has 112 valence electrons. The summed E-state index contributed by atoms with van der Waals surface area (Å²) >= 11 is 0. The molecule has 1 amide bonds. The summed E-state index contributed by atoms with van der Waals surface area (Å²) in [6.45, 7) is 6.05. The van der Waals surface area contributed by atoms with Gasteiger partial charge in [-0.05, 0) is 32.4 Å². The lowest BCUT2D eigenvalue weighted by molar-refractivity contribution is 0.0950. The smallest absolute Gasteiger partial charge is 0.251 e. The number of hydrogen-bond acceptors (Lipinski definition) is 3. The van der Waals surface area contributed by atoms with Gasteiger partial charge in [0.05, 0.1) is 6.26 Å². The zero-order chi connectivity index (χ0) is 15.3. The molecular formula is C14H22N2O3S. The number of amides is 1. The number of nitrogens with zero attached hydrogens (tertiary/aromatic N) is 1. The maximum atomic E-state index is 12.0. The number of carbonyl (C=O) groups excluding carboxylic acids is 1. The third-order valence-electron chi connectivity index (χ3n) is 3.01. The van der Waals surface area contributed by atoms with Crippen LogP contribution in [0.4, 0.5) is 0 Å². The fraction of sp³-hybridized carbons (Fsp3) is 0.500. The van der Waals surface area contributed by atoms with Crippen LogP contribution in [-0.2, 0) is 10.0 Å². The highest BCUT2D eigenvalue weighted by Crippen LogP contribution is 2.07. The molecule has 0 atom stereocenters. The minimum Gasteiger partial charge on any atom is -0.351 e. The molecule has 1 rings (SSSR count). The van der Waals surface area contributed by atoms with Gasteiger partial charge in [0.25, 0.3) is 5.91 Å². The third-order valence-corrected chi connectivity index (χ3v) is 4.47. The fourth-order valence-corrected chi connectivity index (χ4v) is 3.20. The monoisotopic (exact) mass is 298 g/mol. The lowest BCUT2D eigenvalue weighted by atomic mass is 10.1. The largest absolute Gasteiger partial charge is 0.351 e. The summed E-state index contributed by atoms with van der Waals surface area (Å²) in [5.41, 5.74) is 1.51. The number of sulfonamides is 1. The molecule has 6 heteroatoms. The quantitative estimate of drug-likeness (QED) is 0.863. The summed E-state index contributed by atoms with van der Waals surface area (Å²) in [6, 6.07) is 7.17. The number of benzene rings is 1. The number of rotatable bonds is 6. The van der Waals surface area contributed by atoms with Crippen LogP contribution in [-0.4, -0.2) is 44.0 Å². The Balaban J connectivity index is 2.60. The van der Waals surface area contributed by atoms with Crippen molar-refractivity contribution in [2.75, 3.05) is 19.3 Å². The van der Waals surface area contributed by atoms with Gasteiger partial charge in [-0.1, -0.05) is 18.2 Å². The van der Waals surface area contributed by atoms with Gasteiger partial charge in [-0.2, -0.15) is 4.31 Å². The lowest BCUT2D eigenvalue weighted by Gasteiger charge is -2.23. The molecule has 0 aromatic heterocycles. The maximum Gasteiger partial charge on any atom is 0.251 e. The Hall–Kier alpha value is -1.40. The number of carbonyl (C=O) groups is 1. The summed E-state index contributed by atoms with van der Waals surface area (Å²) in [7, 11) is -3.25. The van der Waals surface area contributed by atoms with E-state index in [0.29, 0.717) is 12.1 Å². The van der Waals surface area contributed by atoms with E-state index in [0.717, 1.165) is 5.56 Å². The predicted molar refractivity (Wildman–Crippen MR) is 80.2 cm³/mol. The zero-order valence-electron chi connectivity index (χ0n) is 12.4.